The van der Waals surface area contributed by atoms with E-state index in [1.165, 1.54) is 0 Å². The molecule has 0 radical (unpaired) electrons. The molecule has 0 bridgehead atoms. The molecule has 114 valence electrons. The van der Waals surface area contributed by atoms with Crippen molar-refractivity contribution in [2.24, 2.45) is 0 Å². The van der Waals surface area contributed by atoms with E-state index in [1.807, 2.05) is 60.7 Å². The second-order valence-electron chi connectivity index (χ2n) is 4.98. The van der Waals surface area contributed by atoms with Gasteiger partial charge in [-0.1, -0.05) is 36.4 Å². The van der Waals surface area contributed by atoms with Gasteiger partial charge >= 0.3 is 0 Å². The SMILES string of the molecule is Nc1cc(Oc2ccccc2)ccc1C(=O)Nc1ccccc1. The van der Waals surface area contributed by atoms with Crippen LogP contribution in [-0.2, 0) is 0 Å². The van der Waals surface area contributed by atoms with E-state index in [0.29, 0.717) is 22.7 Å². The molecule has 4 heteroatoms. The molecular formula is C19H16N2O2. The second-order valence-corrected chi connectivity index (χ2v) is 4.98. The molecule has 0 saturated carbocycles. The zero-order valence-corrected chi connectivity index (χ0v) is 12.4. The quantitative estimate of drug-likeness (QED) is 0.706. The van der Waals surface area contributed by atoms with Crippen LogP contribution in [0.15, 0.2) is 78.9 Å². The Morgan fingerprint density at radius 2 is 1.48 bits per heavy atom. The Morgan fingerprint density at radius 3 is 2.13 bits per heavy atom. The Kier molecular flexibility index (Phi) is 4.25. The fourth-order valence-electron chi connectivity index (χ4n) is 2.16. The van der Waals surface area contributed by atoms with Gasteiger partial charge in [0, 0.05) is 17.4 Å². The van der Waals surface area contributed by atoms with Gasteiger partial charge in [0.2, 0.25) is 0 Å². The summed E-state index contributed by atoms with van der Waals surface area (Å²) in [4.78, 5) is 12.3. The number of nitrogen functional groups attached to an aromatic ring is 1. The lowest BCUT2D eigenvalue weighted by Gasteiger charge is -2.10. The summed E-state index contributed by atoms with van der Waals surface area (Å²) in [6, 6.07) is 23.7. The van der Waals surface area contributed by atoms with Gasteiger partial charge in [0.15, 0.2) is 0 Å². The summed E-state index contributed by atoms with van der Waals surface area (Å²) in [6.07, 6.45) is 0. The van der Waals surface area contributed by atoms with Crippen molar-refractivity contribution in [2.45, 2.75) is 0 Å². The van der Waals surface area contributed by atoms with Crippen LogP contribution in [0.25, 0.3) is 0 Å². The van der Waals surface area contributed by atoms with Gasteiger partial charge in [-0.2, -0.15) is 0 Å². The van der Waals surface area contributed by atoms with Gasteiger partial charge in [0.05, 0.1) is 5.56 Å². The number of hydrogen-bond acceptors (Lipinski definition) is 3. The Labute approximate surface area is 134 Å². The molecule has 0 aromatic heterocycles. The van der Waals surface area contributed by atoms with Crippen molar-refractivity contribution in [1.82, 2.24) is 0 Å². The van der Waals surface area contributed by atoms with Crippen LogP contribution in [0.1, 0.15) is 10.4 Å². The number of rotatable bonds is 4. The van der Waals surface area contributed by atoms with Crippen LogP contribution in [0.4, 0.5) is 11.4 Å². The van der Waals surface area contributed by atoms with Crippen LogP contribution >= 0.6 is 0 Å². The third kappa shape index (κ3) is 3.68. The fraction of sp³-hybridized carbons (Fsp3) is 0. The average molecular weight is 304 g/mol. The topological polar surface area (TPSA) is 64.3 Å². The predicted octanol–water partition coefficient (Wildman–Crippen LogP) is 4.31. The number of ether oxygens (including phenoxy) is 1. The van der Waals surface area contributed by atoms with Crippen LogP contribution < -0.4 is 15.8 Å². The number of carbonyl (C=O) groups excluding carboxylic acids is 1. The number of carbonyl (C=O) groups is 1. The van der Waals surface area contributed by atoms with Crippen molar-refractivity contribution in [2.75, 3.05) is 11.1 Å². The smallest absolute Gasteiger partial charge is 0.257 e. The maximum Gasteiger partial charge on any atom is 0.257 e. The van der Waals surface area contributed by atoms with Crippen LogP contribution in [0, 0.1) is 0 Å². The number of para-hydroxylation sites is 2. The highest BCUT2D eigenvalue weighted by Gasteiger charge is 2.11. The summed E-state index contributed by atoms with van der Waals surface area (Å²) in [7, 11) is 0. The first-order chi connectivity index (χ1) is 11.2. The van der Waals surface area contributed by atoms with Crippen LogP contribution in [0.3, 0.4) is 0 Å². The average Bonchev–Trinajstić information content (AvgIpc) is 2.57. The van der Waals surface area contributed by atoms with E-state index in [2.05, 4.69) is 5.32 Å². The Bertz CT molecular complexity index is 802. The minimum atomic E-state index is -0.250. The van der Waals surface area contributed by atoms with Gasteiger partial charge in [0.25, 0.3) is 5.91 Å². The lowest BCUT2D eigenvalue weighted by atomic mass is 10.1. The summed E-state index contributed by atoms with van der Waals surface area (Å²) in [5, 5.41) is 2.81. The molecule has 3 N–H and O–H groups in total. The Hall–Kier alpha value is -3.27. The van der Waals surface area contributed by atoms with Gasteiger partial charge in [0.1, 0.15) is 11.5 Å². The minimum absolute atomic E-state index is 0.250. The molecule has 23 heavy (non-hydrogen) atoms. The Morgan fingerprint density at radius 1 is 0.826 bits per heavy atom. The molecule has 0 unspecified atom stereocenters. The van der Waals surface area contributed by atoms with Crippen molar-refractivity contribution >= 4 is 17.3 Å². The number of amides is 1. The van der Waals surface area contributed by atoms with E-state index < -0.39 is 0 Å². The molecule has 0 heterocycles. The van der Waals surface area contributed by atoms with E-state index in [0.717, 1.165) is 5.69 Å². The summed E-state index contributed by atoms with van der Waals surface area (Å²) in [5.74, 6) is 1.05. The van der Waals surface area contributed by atoms with E-state index in [-0.39, 0.29) is 5.91 Å². The van der Waals surface area contributed by atoms with Gasteiger partial charge in [-0.3, -0.25) is 4.79 Å². The number of nitrogens with two attached hydrogens (primary N) is 1. The third-order valence-corrected chi connectivity index (χ3v) is 3.28. The third-order valence-electron chi connectivity index (χ3n) is 3.28. The maximum atomic E-state index is 12.3. The first-order valence-electron chi connectivity index (χ1n) is 7.21. The van der Waals surface area contributed by atoms with E-state index in [1.54, 1.807) is 18.2 Å². The fourth-order valence-corrected chi connectivity index (χ4v) is 2.16. The molecule has 1 amide bonds. The maximum absolute atomic E-state index is 12.3. The van der Waals surface area contributed by atoms with Gasteiger partial charge in [-0.05, 0) is 36.4 Å². The highest BCUT2D eigenvalue weighted by molar-refractivity contribution is 6.07. The van der Waals surface area contributed by atoms with Crippen LogP contribution in [0.2, 0.25) is 0 Å². The lowest BCUT2D eigenvalue weighted by Crippen LogP contribution is -2.13. The predicted molar refractivity (Wildman–Crippen MR) is 91.8 cm³/mol. The standard InChI is InChI=1S/C19H16N2O2/c20-18-13-16(23-15-9-5-2-6-10-15)11-12-17(18)19(22)21-14-7-3-1-4-8-14/h1-13H,20H2,(H,21,22). The largest absolute Gasteiger partial charge is 0.457 e. The molecule has 0 fully saturated rings. The normalized spacial score (nSPS) is 10.1. The molecule has 0 aliphatic heterocycles. The molecule has 4 nitrogen and oxygen atoms in total. The van der Waals surface area contributed by atoms with Crippen molar-refractivity contribution < 1.29 is 9.53 Å². The second kappa shape index (κ2) is 6.66. The molecule has 0 atom stereocenters. The molecule has 3 aromatic rings. The molecule has 3 rings (SSSR count). The molecule has 0 aliphatic rings. The summed E-state index contributed by atoms with van der Waals surface area (Å²) in [5.41, 5.74) is 7.49. The van der Waals surface area contributed by atoms with Crippen LogP contribution in [-0.4, -0.2) is 5.91 Å². The number of nitrogens with one attached hydrogen (secondary N) is 1. The molecule has 3 aromatic carbocycles. The molecule has 0 saturated heterocycles. The van der Waals surface area contributed by atoms with E-state index in [4.69, 9.17) is 10.5 Å². The first kappa shape index (κ1) is 14.7. The van der Waals surface area contributed by atoms with Crippen molar-refractivity contribution in [1.29, 1.82) is 0 Å². The molecular weight excluding hydrogens is 288 g/mol. The van der Waals surface area contributed by atoms with E-state index in [9.17, 15) is 4.79 Å². The molecule has 0 aliphatic carbocycles. The lowest BCUT2D eigenvalue weighted by molar-refractivity contribution is 0.102. The highest BCUT2D eigenvalue weighted by atomic mass is 16.5. The van der Waals surface area contributed by atoms with Crippen molar-refractivity contribution in [3.63, 3.8) is 0 Å². The van der Waals surface area contributed by atoms with Crippen molar-refractivity contribution in [3.05, 3.63) is 84.4 Å². The summed E-state index contributed by atoms with van der Waals surface area (Å²) < 4.78 is 5.70. The van der Waals surface area contributed by atoms with Crippen LogP contribution in [0.5, 0.6) is 11.5 Å². The monoisotopic (exact) mass is 304 g/mol. The zero-order valence-electron chi connectivity index (χ0n) is 12.4. The minimum Gasteiger partial charge on any atom is -0.457 e. The molecule has 0 spiro atoms. The highest BCUT2D eigenvalue weighted by Crippen LogP contribution is 2.25. The van der Waals surface area contributed by atoms with Gasteiger partial charge in [-0.15, -0.1) is 0 Å². The zero-order chi connectivity index (χ0) is 16.1. The number of hydrogen-bond donors (Lipinski definition) is 2. The summed E-state index contributed by atoms with van der Waals surface area (Å²) >= 11 is 0. The summed E-state index contributed by atoms with van der Waals surface area (Å²) in [6.45, 7) is 0. The number of anilines is 2. The first-order valence-corrected chi connectivity index (χ1v) is 7.21. The van der Waals surface area contributed by atoms with Crippen molar-refractivity contribution in [3.8, 4) is 11.5 Å². The number of benzene rings is 3. The van der Waals surface area contributed by atoms with Gasteiger partial charge in [-0.25, -0.2) is 0 Å². The van der Waals surface area contributed by atoms with Gasteiger partial charge < -0.3 is 15.8 Å². The van der Waals surface area contributed by atoms with E-state index >= 15 is 0 Å². The Balaban J connectivity index is 1.75.